The van der Waals surface area contributed by atoms with E-state index in [9.17, 15) is 9.59 Å². The first-order valence-corrected chi connectivity index (χ1v) is 6.43. The van der Waals surface area contributed by atoms with Crippen LogP contribution >= 0.6 is 11.6 Å². The number of ether oxygens (including phenoxy) is 2. The number of carbonyl (C=O) groups is 2. The van der Waals surface area contributed by atoms with Gasteiger partial charge in [-0.15, -0.1) is 5.73 Å². The Bertz CT molecular complexity index is 545. The Morgan fingerprint density at radius 2 is 2.10 bits per heavy atom. The zero-order chi connectivity index (χ0) is 15.0. The lowest BCUT2D eigenvalue weighted by atomic mass is 10.1. The van der Waals surface area contributed by atoms with Gasteiger partial charge in [0.05, 0.1) is 12.7 Å². The molecule has 0 saturated heterocycles. The lowest BCUT2D eigenvalue weighted by Gasteiger charge is -2.13. The van der Waals surface area contributed by atoms with Crippen molar-refractivity contribution in [3.8, 4) is 0 Å². The number of hydrogen-bond donors (Lipinski definition) is 0. The van der Waals surface area contributed by atoms with Crippen molar-refractivity contribution >= 4 is 23.5 Å². The summed E-state index contributed by atoms with van der Waals surface area (Å²) in [6, 6.07) is 6.98. The van der Waals surface area contributed by atoms with E-state index in [0.717, 1.165) is 6.08 Å². The monoisotopic (exact) mass is 294 g/mol. The van der Waals surface area contributed by atoms with Gasteiger partial charge in [0, 0.05) is 23.6 Å². The highest BCUT2D eigenvalue weighted by Gasteiger charge is 2.14. The van der Waals surface area contributed by atoms with E-state index < -0.39 is 18.0 Å². The molecule has 0 amide bonds. The summed E-state index contributed by atoms with van der Waals surface area (Å²) in [5.41, 5.74) is 3.26. The van der Waals surface area contributed by atoms with Crippen LogP contribution in [-0.4, -0.2) is 18.5 Å². The van der Waals surface area contributed by atoms with E-state index >= 15 is 0 Å². The second kappa shape index (κ2) is 8.20. The minimum Gasteiger partial charge on any atom is -0.462 e. The maximum Gasteiger partial charge on any atom is 0.338 e. The maximum atomic E-state index is 11.2. The van der Waals surface area contributed by atoms with Crippen molar-refractivity contribution in [1.82, 2.24) is 0 Å². The third-order valence-corrected chi connectivity index (χ3v) is 2.58. The summed E-state index contributed by atoms with van der Waals surface area (Å²) < 4.78 is 9.87. The summed E-state index contributed by atoms with van der Waals surface area (Å²) in [6.07, 6.45) is 1.88. The zero-order valence-corrected chi connectivity index (χ0v) is 12.0. The first-order chi connectivity index (χ1) is 9.54. The van der Waals surface area contributed by atoms with Crippen LogP contribution in [-0.2, 0) is 19.1 Å². The van der Waals surface area contributed by atoms with Crippen LogP contribution in [0.4, 0.5) is 0 Å². The fourth-order valence-electron chi connectivity index (χ4n) is 1.46. The van der Waals surface area contributed by atoms with Crippen LogP contribution < -0.4 is 0 Å². The number of carbonyl (C=O) groups excluding carboxylic acids is 2. The average Bonchev–Trinajstić information content (AvgIpc) is 2.38. The normalized spacial score (nSPS) is 10.9. The van der Waals surface area contributed by atoms with Crippen LogP contribution in [0, 0.1) is 0 Å². The Labute approximate surface area is 122 Å². The molecule has 0 N–H and O–H groups in total. The molecule has 0 aliphatic carbocycles. The molecule has 0 aliphatic heterocycles. The predicted octanol–water partition coefficient (Wildman–Crippen LogP) is 3.22. The summed E-state index contributed by atoms with van der Waals surface area (Å²) in [5.74, 6) is -0.964. The van der Waals surface area contributed by atoms with Crippen LogP contribution in [0.15, 0.2) is 42.1 Å². The van der Waals surface area contributed by atoms with Gasteiger partial charge in [0.1, 0.15) is 0 Å². The third kappa shape index (κ3) is 5.31. The Morgan fingerprint density at radius 1 is 1.40 bits per heavy atom. The smallest absolute Gasteiger partial charge is 0.338 e. The molecular formula is C15H15ClO4. The quantitative estimate of drug-likeness (QED) is 0.475. The molecule has 0 saturated carbocycles. The molecule has 1 aromatic rings. The molecule has 1 rings (SSSR count). The summed E-state index contributed by atoms with van der Waals surface area (Å²) in [5, 5.41) is 0.466. The second-order valence-corrected chi connectivity index (χ2v) is 4.19. The van der Waals surface area contributed by atoms with Crippen molar-refractivity contribution in [3.63, 3.8) is 0 Å². The van der Waals surface area contributed by atoms with E-state index in [1.54, 1.807) is 31.2 Å². The van der Waals surface area contributed by atoms with E-state index in [-0.39, 0.29) is 6.61 Å². The Balaban J connectivity index is 2.96. The van der Waals surface area contributed by atoms with Crippen molar-refractivity contribution in [1.29, 1.82) is 0 Å². The van der Waals surface area contributed by atoms with Gasteiger partial charge in [0.15, 0.2) is 6.10 Å². The van der Waals surface area contributed by atoms with E-state index in [0.29, 0.717) is 10.6 Å². The minimum atomic E-state index is -0.702. The second-order valence-electron chi connectivity index (χ2n) is 3.78. The summed E-state index contributed by atoms with van der Waals surface area (Å²) in [4.78, 5) is 22.3. The lowest BCUT2D eigenvalue weighted by molar-refractivity contribution is -0.144. The van der Waals surface area contributed by atoms with Crippen molar-refractivity contribution in [2.45, 2.75) is 20.0 Å². The van der Waals surface area contributed by atoms with E-state index in [1.165, 1.54) is 13.0 Å². The average molecular weight is 295 g/mol. The highest BCUT2D eigenvalue weighted by atomic mass is 35.5. The summed E-state index contributed by atoms with van der Waals surface area (Å²) in [7, 11) is 0. The van der Waals surface area contributed by atoms with Crippen LogP contribution in [0.25, 0.3) is 0 Å². The van der Waals surface area contributed by atoms with E-state index in [4.69, 9.17) is 21.1 Å². The molecule has 106 valence electrons. The van der Waals surface area contributed by atoms with Gasteiger partial charge in [-0.3, -0.25) is 4.79 Å². The molecule has 0 aromatic heterocycles. The van der Waals surface area contributed by atoms with Crippen LogP contribution in [0.5, 0.6) is 0 Å². The van der Waals surface area contributed by atoms with Gasteiger partial charge in [-0.1, -0.05) is 29.8 Å². The molecule has 0 heterocycles. The Kier molecular flexibility index (Phi) is 6.57. The molecule has 1 unspecified atom stereocenters. The molecule has 4 nitrogen and oxygen atoms in total. The first-order valence-electron chi connectivity index (χ1n) is 6.05. The van der Waals surface area contributed by atoms with Crippen LogP contribution in [0.3, 0.4) is 0 Å². The SMILES string of the molecule is CCOC(=O)C=C=CC(OC(C)=O)c1ccccc1Cl. The minimum absolute atomic E-state index is 0.287. The Hall–Kier alpha value is -2.03. The molecule has 1 aromatic carbocycles. The van der Waals surface area contributed by atoms with Gasteiger partial charge in [-0.25, -0.2) is 4.79 Å². The van der Waals surface area contributed by atoms with E-state index in [1.807, 2.05) is 0 Å². The number of benzene rings is 1. The largest absolute Gasteiger partial charge is 0.462 e. The van der Waals surface area contributed by atoms with Crippen molar-refractivity contribution in [2.24, 2.45) is 0 Å². The number of hydrogen-bond acceptors (Lipinski definition) is 4. The fourth-order valence-corrected chi connectivity index (χ4v) is 1.70. The number of halogens is 1. The molecule has 0 aliphatic rings. The van der Waals surface area contributed by atoms with Crippen LogP contribution in [0.1, 0.15) is 25.5 Å². The Morgan fingerprint density at radius 3 is 2.70 bits per heavy atom. The summed E-state index contributed by atoms with van der Waals surface area (Å²) >= 11 is 6.05. The van der Waals surface area contributed by atoms with Gasteiger partial charge in [-0.05, 0) is 13.0 Å². The molecule has 0 fully saturated rings. The van der Waals surface area contributed by atoms with Crippen molar-refractivity contribution in [3.05, 3.63) is 52.7 Å². The fraction of sp³-hybridized carbons (Fsp3) is 0.267. The lowest BCUT2D eigenvalue weighted by Crippen LogP contribution is -2.06. The van der Waals surface area contributed by atoms with Gasteiger partial charge < -0.3 is 9.47 Å². The van der Waals surface area contributed by atoms with Crippen LogP contribution in [0.2, 0.25) is 5.02 Å². The number of esters is 2. The van der Waals surface area contributed by atoms with Gasteiger partial charge in [0.25, 0.3) is 0 Å². The highest BCUT2D eigenvalue weighted by molar-refractivity contribution is 6.31. The standard InChI is InChI=1S/C15H15ClO4/c1-3-19-15(18)10-6-9-14(20-11(2)17)12-7-4-5-8-13(12)16/h4-5,7-10,14H,3H2,1-2H3. The van der Waals surface area contributed by atoms with Crippen molar-refractivity contribution < 1.29 is 19.1 Å². The predicted molar refractivity (Wildman–Crippen MR) is 75.2 cm³/mol. The highest BCUT2D eigenvalue weighted by Crippen LogP contribution is 2.26. The molecule has 20 heavy (non-hydrogen) atoms. The third-order valence-electron chi connectivity index (χ3n) is 2.24. The maximum absolute atomic E-state index is 11.2. The summed E-state index contributed by atoms with van der Waals surface area (Å²) in [6.45, 7) is 3.29. The van der Waals surface area contributed by atoms with Crippen molar-refractivity contribution in [2.75, 3.05) is 6.61 Å². The first kappa shape index (κ1) is 16.0. The number of rotatable bonds is 5. The van der Waals surface area contributed by atoms with E-state index in [2.05, 4.69) is 5.73 Å². The molecule has 1 atom stereocenters. The molecule has 5 heteroatoms. The topological polar surface area (TPSA) is 52.6 Å². The van der Waals surface area contributed by atoms with Gasteiger partial charge in [0.2, 0.25) is 0 Å². The zero-order valence-electron chi connectivity index (χ0n) is 11.3. The molecule has 0 radical (unpaired) electrons. The molecule has 0 bridgehead atoms. The molecule has 0 spiro atoms. The van der Waals surface area contributed by atoms with Gasteiger partial charge >= 0.3 is 11.9 Å². The molecular weight excluding hydrogens is 280 g/mol. The van der Waals surface area contributed by atoms with Gasteiger partial charge in [-0.2, -0.15) is 0 Å².